The number of aromatic amines is 1. The molecule has 4 nitrogen and oxygen atoms in total. The fourth-order valence-electron chi connectivity index (χ4n) is 0.637. The molecule has 0 unspecified atom stereocenters. The van der Waals surface area contributed by atoms with E-state index in [-0.39, 0.29) is 11.5 Å². The molecule has 1 heterocycles. The molecule has 0 fully saturated rings. The van der Waals surface area contributed by atoms with Gasteiger partial charge in [0, 0.05) is 6.20 Å². The van der Waals surface area contributed by atoms with E-state index in [2.05, 4.69) is 9.83 Å². The van der Waals surface area contributed by atoms with Gasteiger partial charge in [-0.25, -0.2) is 4.85 Å². The highest BCUT2D eigenvalue weighted by molar-refractivity contribution is 5.71. The van der Waals surface area contributed by atoms with Crippen molar-refractivity contribution in [2.75, 3.05) is 5.73 Å². The van der Waals surface area contributed by atoms with Crippen LogP contribution in [0.2, 0.25) is 0 Å². The molecule has 0 radical (unpaired) electrons. The Bertz CT molecular complexity index is 322. The van der Waals surface area contributed by atoms with Crippen LogP contribution < -0.4 is 5.73 Å². The number of hydrogen-bond acceptors (Lipinski definition) is 2. The first-order valence-electron chi connectivity index (χ1n) is 2.54. The van der Waals surface area contributed by atoms with Crippen LogP contribution in [0.25, 0.3) is 4.85 Å². The number of aromatic nitrogens is 1. The second kappa shape index (κ2) is 2.12. The molecule has 10 heavy (non-hydrogen) atoms. The molecule has 0 saturated heterocycles. The lowest BCUT2D eigenvalue weighted by atomic mass is 10.3. The van der Waals surface area contributed by atoms with Gasteiger partial charge in [-0.3, -0.25) is 0 Å². The quantitative estimate of drug-likeness (QED) is 0.517. The zero-order chi connectivity index (χ0) is 7.56. The van der Waals surface area contributed by atoms with Crippen molar-refractivity contribution < 1.29 is 0 Å². The van der Waals surface area contributed by atoms with Gasteiger partial charge in [-0.2, -0.15) is 5.26 Å². The van der Waals surface area contributed by atoms with Gasteiger partial charge in [0.25, 0.3) is 0 Å². The van der Waals surface area contributed by atoms with Crippen LogP contribution in [0.1, 0.15) is 5.56 Å². The number of nitrogens with two attached hydrogens (primary N) is 1. The first-order chi connectivity index (χ1) is 4.79. The number of nitrogen functional groups attached to an aromatic ring is 1. The predicted octanol–water partition coefficient (Wildman–Crippen LogP) is 1.02. The van der Waals surface area contributed by atoms with Crippen molar-refractivity contribution in [1.29, 1.82) is 5.26 Å². The number of nitrogens with one attached hydrogen (secondary N) is 1. The summed E-state index contributed by atoms with van der Waals surface area (Å²) >= 11 is 0. The smallest absolute Gasteiger partial charge is 0.244 e. The van der Waals surface area contributed by atoms with E-state index in [1.807, 2.05) is 6.07 Å². The SMILES string of the molecule is [C-]#[N+]c1c(C#N)c[nH]c1N. The molecule has 0 amide bonds. The molecule has 3 N–H and O–H groups in total. The Morgan fingerprint density at radius 1 is 1.80 bits per heavy atom. The molecule has 0 bridgehead atoms. The van der Waals surface area contributed by atoms with E-state index in [0.717, 1.165) is 0 Å². The van der Waals surface area contributed by atoms with Crippen molar-refractivity contribution in [1.82, 2.24) is 4.98 Å². The van der Waals surface area contributed by atoms with Gasteiger partial charge in [0.15, 0.2) is 0 Å². The number of rotatable bonds is 0. The van der Waals surface area contributed by atoms with Gasteiger partial charge in [-0.05, 0) is 0 Å². The van der Waals surface area contributed by atoms with E-state index in [1.54, 1.807) is 0 Å². The standard InChI is InChI=1S/C6H4N4/c1-9-5-4(2-7)3-10-6(5)8/h3,10H,8H2. The monoisotopic (exact) mass is 132 g/mol. The highest BCUT2D eigenvalue weighted by atomic mass is 14.9. The lowest BCUT2D eigenvalue weighted by Gasteiger charge is -1.82. The summed E-state index contributed by atoms with van der Waals surface area (Å²) in [5.41, 5.74) is 5.82. The molecule has 0 saturated carbocycles. The summed E-state index contributed by atoms with van der Waals surface area (Å²) < 4.78 is 0. The van der Waals surface area contributed by atoms with Crippen LogP contribution in [0.5, 0.6) is 0 Å². The summed E-state index contributed by atoms with van der Waals surface area (Å²) in [5, 5.41) is 8.39. The third-order valence-corrected chi connectivity index (χ3v) is 1.11. The Labute approximate surface area is 57.7 Å². The van der Waals surface area contributed by atoms with Crippen molar-refractivity contribution >= 4 is 11.5 Å². The topological polar surface area (TPSA) is 70.0 Å². The summed E-state index contributed by atoms with van der Waals surface area (Å²) in [4.78, 5) is 5.65. The Morgan fingerprint density at radius 3 is 2.90 bits per heavy atom. The van der Waals surface area contributed by atoms with Crippen molar-refractivity contribution in [3.05, 3.63) is 23.2 Å². The minimum Gasteiger partial charge on any atom is -0.394 e. The first kappa shape index (κ1) is 6.18. The normalized spacial score (nSPS) is 8.20. The van der Waals surface area contributed by atoms with E-state index < -0.39 is 0 Å². The molecule has 0 aliphatic rings. The van der Waals surface area contributed by atoms with Crippen molar-refractivity contribution in [3.63, 3.8) is 0 Å². The van der Waals surface area contributed by atoms with Crippen LogP contribution in [-0.2, 0) is 0 Å². The highest BCUT2D eigenvalue weighted by Crippen LogP contribution is 2.24. The van der Waals surface area contributed by atoms with Gasteiger partial charge >= 0.3 is 0 Å². The van der Waals surface area contributed by atoms with Gasteiger partial charge < -0.3 is 10.7 Å². The lowest BCUT2D eigenvalue weighted by molar-refractivity contribution is 1.41. The first-order valence-corrected chi connectivity index (χ1v) is 2.54. The van der Waals surface area contributed by atoms with Crippen molar-refractivity contribution in [3.8, 4) is 6.07 Å². The molecule has 1 aromatic heterocycles. The summed E-state index contributed by atoms with van der Waals surface area (Å²) in [7, 11) is 0. The Kier molecular flexibility index (Phi) is 1.31. The second-order valence-electron chi connectivity index (χ2n) is 1.69. The highest BCUT2D eigenvalue weighted by Gasteiger charge is 2.06. The summed E-state index contributed by atoms with van der Waals surface area (Å²) in [5.74, 6) is 0.256. The van der Waals surface area contributed by atoms with E-state index in [9.17, 15) is 0 Å². The van der Waals surface area contributed by atoms with Gasteiger partial charge in [0.05, 0.1) is 18.2 Å². The second-order valence-corrected chi connectivity index (χ2v) is 1.69. The third-order valence-electron chi connectivity index (χ3n) is 1.11. The number of H-pyrrole nitrogens is 1. The average molecular weight is 132 g/mol. The molecule has 0 aliphatic carbocycles. The van der Waals surface area contributed by atoms with E-state index in [1.165, 1.54) is 6.20 Å². The fraction of sp³-hybridized carbons (Fsp3) is 0. The molecular weight excluding hydrogens is 128 g/mol. The van der Waals surface area contributed by atoms with E-state index >= 15 is 0 Å². The summed E-state index contributed by atoms with van der Waals surface area (Å²) in [6.07, 6.45) is 1.42. The maximum absolute atomic E-state index is 8.39. The minimum atomic E-state index is 0.211. The molecule has 0 aromatic carbocycles. The molecule has 48 valence electrons. The van der Waals surface area contributed by atoms with Crippen LogP contribution in [-0.4, -0.2) is 4.98 Å². The Balaban J connectivity index is 3.34. The van der Waals surface area contributed by atoms with Gasteiger partial charge in [0.1, 0.15) is 5.82 Å². The zero-order valence-corrected chi connectivity index (χ0v) is 5.05. The van der Waals surface area contributed by atoms with E-state index in [4.69, 9.17) is 17.6 Å². The van der Waals surface area contributed by atoms with Crippen LogP contribution >= 0.6 is 0 Å². The molecular formula is C6H4N4. The van der Waals surface area contributed by atoms with Gasteiger partial charge in [0.2, 0.25) is 5.69 Å². The number of nitrogens with zero attached hydrogens (tertiary/aromatic N) is 2. The summed E-state index contributed by atoms with van der Waals surface area (Å²) in [6.45, 7) is 6.62. The van der Waals surface area contributed by atoms with Crippen molar-refractivity contribution in [2.24, 2.45) is 0 Å². The minimum absolute atomic E-state index is 0.211. The van der Waals surface area contributed by atoms with E-state index in [0.29, 0.717) is 5.56 Å². The molecule has 0 spiro atoms. The predicted molar refractivity (Wildman–Crippen MR) is 36.2 cm³/mol. The molecule has 0 aliphatic heterocycles. The number of hydrogen-bond donors (Lipinski definition) is 2. The van der Waals surface area contributed by atoms with Crippen LogP contribution in [0.4, 0.5) is 11.5 Å². The van der Waals surface area contributed by atoms with Crippen LogP contribution in [0.15, 0.2) is 6.20 Å². The maximum atomic E-state index is 8.39. The van der Waals surface area contributed by atoms with Crippen LogP contribution in [0.3, 0.4) is 0 Å². The summed E-state index contributed by atoms with van der Waals surface area (Å²) in [6, 6.07) is 1.84. The number of anilines is 1. The zero-order valence-electron chi connectivity index (χ0n) is 5.05. The molecule has 1 rings (SSSR count). The Hall–Kier alpha value is -1.94. The van der Waals surface area contributed by atoms with Crippen LogP contribution in [0, 0.1) is 17.9 Å². The third kappa shape index (κ3) is 0.684. The molecule has 4 heteroatoms. The Morgan fingerprint density at radius 2 is 2.50 bits per heavy atom. The van der Waals surface area contributed by atoms with Gasteiger partial charge in [-0.15, -0.1) is 0 Å². The maximum Gasteiger partial charge on any atom is 0.244 e. The average Bonchev–Trinajstić information content (AvgIpc) is 2.30. The fourth-order valence-corrected chi connectivity index (χ4v) is 0.637. The number of nitriles is 1. The largest absolute Gasteiger partial charge is 0.394 e. The van der Waals surface area contributed by atoms with Gasteiger partial charge in [-0.1, -0.05) is 0 Å². The molecule has 1 aromatic rings. The molecule has 0 atom stereocenters. The lowest BCUT2D eigenvalue weighted by Crippen LogP contribution is -1.81. The van der Waals surface area contributed by atoms with Crippen molar-refractivity contribution in [2.45, 2.75) is 0 Å².